The second-order valence-electron chi connectivity index (χ2n) is 6.02. The molecule has 0 aliphatic rings. The van der Waals surface area contributed by atoms with Gasteiger partial charge in [0.2, 0.25) is 0 Å². The maximum Gasteiger partial charge on any atom is 0.296 e. The van der Waals surface area contributed by atoms with Gasteiger partial charge in [0.15, 0.2) is 0 Å². The smallest absolute Gasteiger partial charge is 0.296 e. The van der Waals surface area contributed by atoms with Crippen molar-refractivity contribution in [3.63, 3.8) is 0 Å². The van der Waals surface area contributed by atoms with Crippen LogP contribution in [0.15, 0.2) is 57.6 Å². The first-order valence-electron chi connectivity index (χ1n) is 7.98. The summed E-state index contributed by atoms with van der Waals surface area (Å²) in [4.78, 5) is -0.291. The van der Waals surface area contributed by atoms with Gasteiger partial charge in [-0.2, -0.15) is 13.5 Å². The molecule has 6 nitrogen and oxygen atoms in total. The van der Waals surface area contributed by atoms with Crippen LogP contribution < -0.4 is 4.74 Å². The summed E-state index contributed by atoms with van der Waals surface area (Å²) in [7, 11) is -2.99. The second kappa shape index (κ2) is 7.26. The lowest BCUT2D eigenvalue weighted by atomic mass is 10.0. The van der Waals surface area contributed by atoms with E-state index in [0.29, 0.717) is 27.4 Å². The quantitative estimate of drug-likeness (QED) is 0.440. The van der Waals surface area contributed by atoms with Crippen molar-refractivity contribution in [2.24, 2.45) is 10.2 Å². The zero-order valence-electron chi connectivity index (χ0n) is 14.9. The number of fused-ring (bicyclic) bond motifs is 1. The van der Waals surface area contributed by atoms with Gasteiger partial charge in [-0.1, -0.05) is 35.9 Å². The van der Waals surface area contributed by atoms with Gasteiger partial charge in [-0.3, -0.25) is 4.55 Å². The van der Waals surface area contributed by atoms with Crippen molar-refractivity contribution in [3.05, 3.63) is 58.6 Å². The van der Waals surface area contributed by atoms with Crippen LogP contribution in [0, 0.1) is 13.8 Å². The topological polar surface area (TPSA) is 88.3 Å². The van der Waals surface area contributed by atoms with E-state index >= 15 is 0 Å². The summed E-state index contributed by atoms with van der Waals surface area (Å²) in [6.45, 7) is 3.54. The van der Waals surface area contributed by atoms with Crippen LogP contribution in [0.4, 0.5) is 11.4 Å². The van der Waals surface area contributed by atoms with E-state index in [2.05, 4.69) is 10.2 Å². The number of rotatable bonds is 4. The number of halogens is 1. The van der Waals surface area contributed by atoms with E-state index in [1.54, 1.807) is 38.1 Å². The average molecular weight is 405 g/mol. The van der Waals surface area contributed by atoms with Gasteiger partial charge in [-0.05, 0) is 47.9 Å². The molecule has 3 aromatic carbocycles. The average Bonchev–Trinajstić information content (AvgIpc) is 2.61. The number of aryl methyl sites for hydroxylation is 2. The van der Waals surface area contributed by atoms with E-state index in [-0.39, 0.29) is 10.6 Å². The monoisotopic (exact) mass is 404 g/mol. The van der Waals surface area contributed by atoms with E-state index in [0.717, 1.165) is 10.9 Å². The fourth-order valence-electron chi connectivity index (χ4n) is 2.82. The van der Waals surface area contributed by atoms with Crippen LogP contribution in [-0.4, -0.2) is 20.1 Å². The predicted octanol–water partition coefficient (Wildman–Crippen LogP) is 5.78. The SMILES string of the molecule is COc1cc(/N=N/c2c(S(=O)(=O)O)cc3ccccc3c2C)c(C)cc1Cl. The fraction of sp³-hybridized carbons (Fsp3) is 0.158. The van der Waals surface area contributed by atoms with Crippen LogP contribution >= 0.6 is 11.6 Å². The molecule has 0 saturated carbocycles. The molecule has 0 bridgehead atoms. The van der Waals surface area contributed by atoms with Gasteiger partial charge in [0.25, 0.3) is 10.1 Å². The Balaban J connectivity index is 2.23. The molecule has 8 heteroatoms. The molecule has 0 spiro atoms. The summed E-state index contributed by atoms with van der Waals surface area (Å²) in [5.74, 6) is 0.432. The molecule has 0 saturated heterocycles. The van der Waals surface area contributed by atoms with Gasteiger partial charge < -0.3 is 4.74 Å². The molecule has 0 aliphatic heterocycles. The Morgan fingerprint density at radius 1 is 1.07 bits per heavy atom. The van der Waals surface area contributed by atoms with Crippen molar-refractivity contribution >= 4 is 43.9 Å². The fourth-order valence-corrected chi connectivity index (χ4v) is 3.83. The van der Waals surface area contributed by atoms with Crippen LogP contribution in [0.5, 0.6) is 5.75 Å². The molecule has 0 amide bonds. The van der Waals surface area contributed by atoms with E-state index < -0.39 is 10.1 Å². The molecule has 0 aliphatic carbocycles. The van der Waals surface area contributed by atoms with E-state index in [4.69, 9.17) is 16.3 Å². The normalized spacial score (nSPS) is 12.0. The van der Waals surface area contributed by atoms with Crippen molar-refractivity contribution in [3.8, 4) is 5.75 Å². The van der Waals surface area contributed by atoms with Gasteiger partial charge in [0.1, 0.15) is 16.3 Å². The Labute approximate surface area is 162 Å². The van der Waals surface area contributed by atoms with Gasteiger partial charge >= 0.3 is 0 Å². The highest BCUT2D eigenvalue weighted by molar-refractivity contribution is 7.86. The highest BCUT2D eigenvalue weighted by Crippen LogP contribution is 2.37. The number of methoxy groups -OCH3 is 1. The molecule has 3 rings (SSSR count). The highest BCUT2D eigenvalue weighted by atomic mass is 35.5. The summed E-state index contributed by atoms with van der Waals surface area (Å²) in [6.07, 6.45) is 0. The minimum absolute atomic E-state index is 0.0875. The largest absolute Gasteiger partial charge is 0.495 e. The summed E-state index contributed by atoms with van der Waals surface area (Å²) in [6, 6.07) is 12.0. The summed E-state index contributed by atoms with van der Waals surface area (Å²) in [5.41, 5.74) is 1.91. The summed E-state index contributed by atoms with van der Waals surface area (Å²) in [5, 5.41) is 10.3. The third-order valence-corrected chi connectivity index (χ3v) is 5.41. The standard InChI is InChI=1S/C19H17ClN2O4S/c1-11-8-15(20)17(26-3)10-16(11)21-22-19-12(2)14-7-5-4-6-13(14)9-18(19)27(23,24)25/h4-10H,1-3H3,(H,23,24,25)/b22-21+. The lowest BCUT2D eigenvalue weighted by Gasteiger charge is -2.10. The molecular weight excluding hydrogens is 388 g/mol. The first kappa shape index (κ1) is 19.3. The van der Waals surface area contributed by atoms with Crippen molar-refractivity contribution in [2.75, 3.05) is 7.11 Å². The third-order valence-electron chi connectivity index (χ3n) is 4.25. The molecule has 0 radical (unpaired) electrons. The first-order valence-corrected chi connectivity index (χ1v) is 9.80. The molecule has 140 valence electrons. The van der Waals surface area contributed by atoms with Crippen molar-refractivity contribution in [2.45, 2.75) is 18.7 Å². The number of ether oxygens (including phenoxy) is 1. The van der Waals surface area contributed by atoms with Gasteiger partial charge in [-0.25, -0.2) is 0 Å². The molecule has 0 atom stereocenters. The number of benzene rings is 3. The van der Waals surface area contributed by atoms with Crippen LogP contribution in [-0.2, 0) is 10.1 Å². The molecule has 27 heavy (non-hydrogen) atoms. The lowest BCUT2D eigenvalue weighted by Crippen LogP contribution is -2.00. The van der Waals surface area contributed by atoms with Gasteiger partial charge in [0.05, 0.1) is 17.8 Å². The van der Waals surface area contributed by atoms with Crippen LogP contribution in [0.1, 0.15) is 11.1 Å². The highest BCUT2D eigenvalue weighted by Gasteiger charge is 2.20. The van der Waals surface area contributed by atoms with Crippen molar-refractivity contribution < 1.29 is 17.7 Å². The second-order valence-corrected chi connectivity index (χ2v) is 7.81. The van der Waals surface area contributed by atoms with Crippen LogP contribution in [0.3, 0.4) is 0 Å². The summed E-state index contributed by atoms with van der Waals surface area (Å²) >= 11 is 6.08. The van der Waals surface area contributed by atoms with Crippen LogP contribution in [0.2, 0.25) is 5.02 Å². The maximum atomic E-state index is 11.9. The minimum atomic E-state index is -4.48. The van der Waals surface area contributed by atoms with Gasteiger partial charge in [0, 0.05) is 6.07 Å². The predicted molar refractivity (Wildman–Crippen MR) is 105 cm³/mol. The molecule has 1 N–H and O–H groups in total. The minimum Gasteiger partial charge on any atom is -0.495 e. The van der Waals surface area contributed by atoms with E-state index in [1.807, 2.05) is 12.1 Å². The lowest BCUT2D eigenvalue weighted by molar-refractivity contribution is 0.415. The number of azo groups is 1. The Kier molecular flexibility index (Phi) is 5.19. The van der Waals surface area contributed by atoms with Gasteiger partial charge in [-0.15, -0.1) is 5.11 Å². The molecule has 0 heterocycles. The Hall–Kier alpha value is -2.48. The van der Waals surface area contributed by atoms with Crippen LogP contribution in [0.25, 0.3) is 10.8 Å². The molecular formula is C19H17ClN2O4S. The summed E-state index contributed by atoms with van der Waals surface area (Å²) < 4.78 is 38.6. The maximum absolute atomic E-state index is 11.9. The Morgan fingerprint density at radius 2 is 1.78 bits per heavy atom. The third kappa shape index (κ3) is 3.80. The van der Waals surface area contributed by atoms with Crippen molar-refractivity contribution in [1.82, 2.24) is 0 Å². The van der Waals surface area contributed by atoms with E-state index in [1.165, 1.54) is 13.2 Å². The molecule has 0 unspecified atom stereocenters. The molecule has 0 aromatic heterocycles. The zero-order chi connectivity index (χ0) is 19.8. The van der Waals surface area contributed by atoms with Crippen molar-refractivity contribution in [1.29, 1.82) is 0 Å². The molecule has 3 aromatic rings. The number of hydrogen-bond acceptors (Lipinski definition) is 5. The Morgan fingerprint density at radius 3 is 2.44 bits per heavy atom. The number of nitrogens with zero attached hydrogens (tertiary/aromatic N) is 2. The molecule has 0 fully saturated rings. The number of hydrogen-bond donors (Lipinski definition) is 1. The Bertz CT molecular complexity index is 1170. The first-order chi connectivity index (χ1) is 12.7. The zero-order valence-corrected chi connectivity index (χ0v) is 16.5. The van der Waals surface area contributed by atoms with E-state index in [9.17, 15) is 13.0 Å².